The van der Waals surface area contributed by atoms with Gasteiger partial charge in [0.1, 0.15) is 0 Å². The van der Waals surface area contributed by atoms with Gasteiger partial charge in [0, 0.05) is 18.0 Å². The topological polar surface area (TPSA) is 56.2 Å². The van der Waals surface area contributed by atoms with Gasteiger partial charge in [0.2, 0.25) is 5.78 Å². The van der Waals surface area contributed by atoms with Crippen molar-refractivity contribution in [3.05, 3.63) is 48.3 Å². The lowest BCUT2D eigenvalue weighted by molar-refractivity contribution is 1.11. The van der Waals surface area contributed by atoms with Gasteiger partial charge >= 0.3 is 0 Å². The lowest BCUT2D eigenvalue weighted by Crippen LogP contribution is -1.92. The van der Waals surface area contributed by atoms with Crippen molar-refractivity contribution >= 4 is 11.6 Å². The van der Waals surface area contributed by atoms with E-state index in [0.717, 1.165) is 11.3 Å². The van der Waals surface area contributed by atoms with Crippen LogP contribution < -0.4 is 5.73 Å². The molecule has 2 N–H and O–H groups in total. The highest BCUT2D eigenvalue weighted by Crippen LogP contribution is 2.26. The molecule has 0 aliphatic carbocycles. The van der Waals surface area contributed by atoms with Crippen LogP contribution in [0.25, 0.3) is 17.0 Å². The third-order valence-corrected chi connectivity index (χ3v) is 2.76. The summed E-state index contributed by atoms with van der Waals surface area (Å²) in [5.41, 5.74) is 9.12. The van der Waals surface area contributed by atoms with Gasteiger partial charge in [-0.15, -0.1) is 0 Å². The van der Waals surface area contributed by atoms with Gasteiger partial charge in [0.25, 0.3) is 0 Å². The molecule has 0 amide bonds. The fourth-order valence-corrected chi connectivity index (χ4v) is 1.90. The van der Waals surface area contributed by atoms with E-state index in [9.17, 15) is 0 Å². The Labute approximate surface area is 98.8 Å². The summed E-state index contributed by atoms with van der Waals surface area (Å²) in [5, 5.41) is 0. The number of nitrogens with two attached hydrogens (primary N) is 1. The van der Waals surface area contributed by atoms with E-state index in [1.54, 1.807) is 6.20 Å². The van der Waals surface area contributed by atoms with Crippen molar-refractivity contribution in [1.82, 2.24) is 14.4 Å². The minimum Gasteiger partial charge on any atom is -0.382 e. The van der Waals surface area contributed by atoms with Crippen LogP contribution in [0.3, 0.4) is 0 Å². The molecule has 0 saturated carbocycles. The Balaban J connectivity index is 2.29. The molecule has 4 nitrogen and oxygen atoms in total. The average Bonchev–Trinajstić information content (AvgIpc) is 2.66. The maximum Gasteiger partial charge on any atom is 0.236 e. The summed E-state index contributed by atoms with van der Waals surface area (Å²) in [7, 11) is 0. The van der Waals surface area contributed by atoms with Gasteiger partial charge in [-0.1, -0.05) is 29.8 Å². The second kappa shape index (κ2) is 3.59. The number of nitrogen functional groups attached to an aromatic ring is 1. The van der Waals surface area contributed by atoms with Crippen LogP contribution in [-0.4, -0.2) is 14.4 Å². The molecule has 0 saturated heterocycles. The van der Waals surface area contributed by atoms with Crippen LogP contribution in [0.15, 0.2) is 42.7 Å². The Morgan fingerprint density at radius 1 is 1.18 bits per heavy atom. The molecule has 0 radical (unpaired) electrons. The van der Waals surface area contributed by atoms with Crippen molar-refractivity contribution in [3.8, 4) is 11.3 Å². The highest BCUT2D eigenvalue weighted by atomic mass is 15.1. The summed E-state index contributed by atoms with van der Waals surface area (Å²) in [5.74, 6) is 1.13. The summed E-state index contributed by atoms with van der Waals surface area (Å²) in [6, 6.07) is 10.1. The zero-order valence-electron chi connectivity index (χ0n) is 9.46. The monoisotopic (exact) mass is 224 g/mol. The molecule has 3 aromatic rings. The normalized spacial score (nSPS) is 10.9. The standard InChI is InChI=1S/C13H12N4/c1-9-3-5-10(6-4-9)11-12(14)16-13-15-7-2-8-17(11)13/h2-8H,14H2,1H3. The van der Waals surface area contributed by atoms with Crippen LogP contribution in [-0.2, 0) is 0 Å². The molecule has 0 atom stereocenters. The molecule has 0 bridgehead atoms. The number of aromatic nitrogens is 3. The fourth-order valence-electron chi connectivity index (χ4n) is 1.90. The zero-order valence-corrected chi connectivity index (χ0v) is 9.46. The van der Waals surface area contributed by atoms with E-state index < -0.39 is 0 Å². The molecule has 1 aromatic carbocycles. The summed E-state index contributed by atoms with van der Waals surface area (Å²) in [6.45, 7) is 2.06. The number of benzene rings is 1. The summed E-state index contributed by atoms with van der Waals surface area (Å²) < 4.78 is 1.90. The second-order valence-electron chi connectivity index (χ2n) is 4.00. The highest BCUT2D eigenvalue weighted by Gasteiger charge is 2.11. The highest BCUT2D eigenvalue weighted by molar-refractivity contribution is 5.74. The molecular weight excluding hydrogens is 212 g/mol. The SMILES string of the molecule is Cc1ccc(-c2c(N)nc3ncccn23)cc1. The number of nitrogens with zero attached hydrogens (tertiary/aromatic N) is 3. The summed E-state index contributed by atoms with van der Waals surface area (Å²) in [6.07, 6.45) is 3.63. The molecule has 3 rings (SSSR count). The maximum atomic E-state index is 5.95. The van der Waals surface area contributed by atoms with Crippen LogP contribution >= 0.6 is 0 Å². The first-order valence-electron chi connectivity index (χ1n) is 5.41. The lowest BCUT2D eigenvalue weighted by Gasteiger charge is -2.02. The minimum atomic E-state index is 0.507. The summed E-state index contributed by atoms with van der Waals surface area (Å²) in [4.78, 5) is 8.42. The van der Waals surface area contributed by atoms with E-state index >= 15 is 0 Å². The molecule has 0 aliphatic heterocycles. The summed E-state index contributed by atoms with van der Waals surface area (Å²) >= 11 is 0. The van der Waals surface area contributed by atoms with Gasteiger partial charge in [-0.3, -0.25) is 4.40 Å². The number of rotatable bonds is 1. The number of fused-ring (bicyclic) bond motifs is 1. The maximum absolute atomic E-state index is 5.95. The Morgan fingerprint density at radius 3 is 2.71 bits per heavy atom. The lowest BCUT2D eigenvalue weighted by atomic mass is 10.1. The van der Waals surface area contributed by atoms with Crippen LogP contribution in [0.4, 0.5) is 5.82 Å². The first-order valence-corrected chi connectivity index (χ1v) is 5.41. The Morgan fingerprint density at radius 2 is 1.94 bits per heavy atom. The molecule has 0 aliphatic rings. The Hall–Kier alpha value is -2.36. The fraction of sp³-hybridized carbons (Fsp3) is 0.0769. The molecule has 0 unspecified atom stereocenters. The average molecular weight is 224 g/mol. The van der Waals surface area contributed by atoms with Gasteiger partial charge in [0.05, 0.1) is 5.69 Å². The number of hydrogen-bond acceptors (Lipinski definition) is 3. The largest absolute Gasteiger partial charge is 0.382 e. The molecule has 0 fully saturated rings. The van der Waals surface area contributed by atoms with E-state index in [1.165, 1.54) is 5.56 Å². The van der Waals surface area contributed by atoms with Crippen molar-refractivity contribution in [3.63, 3.8) is 0 Å². The van der Waals surface area contributed by atoms with Gasteiger partial charge in [0.15, 0.2) is 5.82 Å². The van der Waals surface area contributed by atoms with Gasteiger partial charge < -0.3 is 5.73 Å². The number of hydrogen-bond donors (Lipinski definition) is 1. The molecule has 17 heavy (non-hydrogen) atoms. The van der Waals surface area contributed by atoms with E-state index in [2.05, 4.69) is 29.0 Å². The first-order chi connectivity index (χ1) is 8.25. The minimum absolute atomic E-state index is 0.507. The molecule has 84 valence electrons. The van der Waals surface area contributed by atoms with Crippen LogP contribution in [0.1, 0.15) is 5.56 Å². The van der Waals surface area contributed by atoms with Crippen LogP contribution in [0.2, 0.25) is 0 Å². The predicted octanol–water partition coefficient (Wildman–Crippen LogP) is 2.29. The van der Waals surface area contributed by atoms with E-state index in [-0.39, 0.29) is 0 Å². The van der Waals surface area contributed by atoms with Crippen molar-refractivity contribution in [2.24, 2.45) is 0 Å². The molecule has 4 heteroatoms. The molecular formula is C13H12N4. The smallest absolute Gasteiger partial charge is 0.236 e. The molecule has 2 aromatic heterocycles. The van der Waals surface area contributed by atoms with Crippen molar-refractivity contribution in [2.75, 3.05) is 5.73 Å². The first kappa shape index (κ1) is 9.84. The van der Waals surface area contributed by atoms with Gasteiger partial charge in [-0.25, -0.2) is 4.98 Å². The van der Waals surface area contributed by atoms with E-state index in [4.69, 9.17) is 5.73 Å². The van der Waals surface area contributed by atoms with Crippen molar-refractivity contribution in [1.29, 1.82) is 0 Å². The molecule has 0 spiro atoms. The van der Waals surface area contributed by atoms with Crippen LogP contribution in [0, 0.1) is 6.92 Å². The van der Waals surface area contributed by atoms with Crippen molar-refractivity contribution in [2.45, 2.75) is 6.92 Å². The van der Waals surface area contributed by atoms with Crippen molar-refractivity contribution < 1.29 is 0 Å². The quantitative estimate of drug-likeness (QED) is 0.690. The van der Waals surface area contributed by atoms with E-state index in [0.29, 0.717) is 11.6 Å². The van der Waals surface area contributed by atoms with Gasteiger partial charge in [-0.2, -0.15) is 4.98 Å². The number of imidazole rings is 1. The van der Waals surface area contributed by atoms with Crippen LogP contribution in [0.5, 0.6) is 0 Å². The Bertz CT molecular complexity index is 667. The predicted molar refractivity (Wildman–Crippen MR) is 67.6 cm³/mol. The number of anilines is 1. The zero-order chi connectivity index (χ0) is 11.8. The third kappa shape index (κ3) is 1.54. The third-order valence-electron chi connectivity index (χ3n) is 2.76. The second-order valence-corrected chi connectivity index (χ2v) is 4.00. The number of aryl methyl sites for hydroxylation is 1. The molecule has 2 heterocycles. The van der Waals surface area contributed by atoms with E-state index in [1.807, 2.05) is 28.8 Å². The Kier molecular flexibility index (Phi) is 2.08. The van der Waals surface area contributed by atoms with Gasteiger partial charge in [-0.05, 0) is 13.0 Å².